The number of fused-ring (bicyclic) bond motifs is 13. The minimum absolute atomic E-state index is 1.25. The highest BCUT2D eigenvalue weighted by Crippen LogP contribution is 2.47. The van der Waals surface area contributed by atoms with Gasteiger partial charge in [0, 0.05) is 21.5 Å². The molecule has 0 unspecified atom stereocenters. The van der Waals surface area contributed by atoms with Gasteiger partial charge in [0.15, 0.2) is 0 Å². The lowest BCUT2D eigenvalue weighted by Gasteiger charge is -2.12. The van der Waals surface area contributed by atoms with Gasteiger partial charge in [-0.15, -0.1) is 0 Å². The molecule has 9 aromatic carbocycles. The van der Waals surface area contributed by atoms with E-state index in [-0.39, 0.29) is 0 Å². The van der Waals surface area contributed by atoms with E-state index in [0.29, 0.717) is 0 Å². The Morgan fingerprint density at radius 3 is 1.42 bits per heavy atom. The van der Waals surface area contributed by atoms with Gasteiger partial charge in [0.2, 0.25) is 0 Å². The van der Waals surface area contributed by atoms with Crippen molar-refractivity contribution in [3.05, 3.63) is 140 Å². The molecule has 2 heterocycles. The average Bonchev–Trinajstić information content (AvgIpc) is 3.60. The molecule has 0 saturated heterocycles. The zero-order valence-corrected chi connectivity index (χ0v) is 23.2. The normalized spacial score (nSPS) is 12.7. The van der Waals surface area contributed by atoms with Crippen LogP contribution in [0, 0.1) is 0 Å². The molecular weight excluding hydrogens is 518 g/mol. The maximum absolute atomic E-state index is 2.51. The van der Waals surface area contributed by atoms with Gasteiger partial charge in [-0.25, -0.2) is 0 Å². The Labute approximate surface area is 246 Å². The number of rotatable bonds is 1. The lowest BCUT2D eigenvalue weighted by atomic mass is 9.91. The van der Waals surface area contributed by atoms with Gasteiger partial charge >= 0.3 is 0 Å². The molecule has 2 aromatic heterocycles. The molecule has 0 fully saturated rings. The maximum atomic E-state index is 2.51. The molecule has 196 valence electrons. The first-order valence-corrected chi connectivity index (χ1v) is 15.0. The van der Waals surface area contributed by atoms with E-state index in [2.05, 4.69) is 144 Å². The first-order chi connectivity index (χ1) is 21.3. The van der Waals surface area contributed by atoms with Crippen molar-refractivity contribution >= 4 is 92.0 Å². The van der Waals surface area contributed by atoms with Crippen LogP contribution in [0.3, 0.4) is 0 Å². The molecule has 11 aromatic rings. The van der Waals surface area contributed by atoms with E-state index in [1.54, 1.807) is 0 Å². The standard InChI is InChI=1S/C42H23N/c1-2-10-28-26(8-1)27-9-3-6-13-31(27)36-22-24(16-18-32(28)36)25-17-21-38-37(23-25)35-20-19-34-30-12-5-4-11-29(30)33-14-7-15-39-40(33)41(34)42(35)43(38)39/h1-23H. The minimum atomic E-state index is 1.25. The fraction of sp³-hybridized carbons (Fsp3) is 0. The van der Waals surface area contributed by atoms with Crippen molar-refractivity contribution in [1.29, 1.82) is 0 Å². The molecule has 0 N–H and O–H groups in total. The summed E-state index contributed by atoms with van der Waals surface area (Å²) < 4.78 is 2.51. The molecule has 1 heteroatoms. The van der Waals surface area contributed by atoms with Crippen molar-refractivity contribution in [3.63, 3.8) is 0 Å². The van der Waals surface area contributed by atoms with Crippen LogP contribution in [0.5, 0.6) is 0 Å². The summed E-state index contributed by atoms with van der Waals surface area (Å²) in [4.78, 5) is 0. The SMILES string of the molecule is c1ccc2c(c1)c1ccccc1c1cc(-c3ccc4c(c3)c3ccc5c6ccccc6c6cccc7c6c5c3n47)ccc21. The topological polar surface area (TPSA) is 4.41 Å². The van der Waals surface area contributed by atoms with Crippen molar-refractivity contribution in [2.75, 3.05) is 0 Å². The van der Waals surface area contributed by atoms with Gasteiger partial charge in [0.05, 0.1) is 16.6 Å². The average molecular weight is 542 g/mol. The van der Waals surface area contributed by atoms with Crippen molar-refractivity contribution < 1.29 is 0 Å². The number of benzene rings is 9. The minimum Gasteiger partial charge on any atom is -0.308 e. The van der Waals surface area contributed by atoms with Crippen LogP contribution in [0.4, 0.5) is 0 Å². The zero-order valence-electron chi connectivity index (χ0n) is 23.2. The molecule has 0 aliphatic carbocycles. The Bertz CT molecular complexity index is 2900. The lowest BCUT2D eigenvalue weighted by Crippen LogP contribution is -1.86. The van der Waals surface area contributed by atoms with Crippen LogP contribution in [0.25, 0.3) is 103 Å². The second-order valence-electron chi connectivity index (χ2n) is 12.0. The van der Waals surface area contributed by atoms with Crippen LogP contribution >= 0.6 is 0 Å². The third-order valence-electron chi connectivity index (χ3n) is 10.0. The van der Waals surface area contributed by atoms with Crippen LogP contribution in [0.15, 0.2) is 140 Å². The highest BCUT2D eigenvalue weighted by atomic mass is 14.9. The fourth-order valence-corrected chi connectivity index (χ4v) is 8.27. The van der Waals surface area contributed by atoms with Gasteiger partial charge in [0.1, 0.15) is 0 Å². The summed E-state index contributed by atoms with van der Waals surface area (Å²) in [5, 5.41) is 18.6. The van der Waals surface area contributed by atoms with Crippen molar-refractivity contribution in [2.24, 2.45) is 0 Å². The lowest BCUT2D eigenvalue weighted by molar-refractivity contribution is 1.37. The summed E-state index contributed by atoms with van der Waals surface area (Å²) in [6.07, 6.45) is 0. The molecule has 43 heavy (non-hydrogen) atoms. The maximum Gasteiger partial charge on any atom is 0.0626 e. The largest absolute Gasteiger partial charge is 0.308 e. The van der Waals surface area contributed by atoms with Crippen LogP contribution < -0.4 is 0 Å². The van der Waals surface area contributed by atoms with E-state index < -0.39 is 0 Å². The molecule has 1 nitrogen and oxygen atoms in total. The predicted molar refractivity (Wildman–Crippen MR) is 185 cm³/mol. The molecule has 11 rings (SSSR count). The monoisotopic (exact) mass is 541 g/mol. The Morgan fingerprint density at radius 2 is 0.744 bits per heavy atom. The summed E-state index contributed by atoms with van der Waals surface area (Å²) in [7, 11) is 0. The van der Waals surface area contributed by atoms with E-state index in [1.165, 1.54) is 103 Å². The molecule has 0 amide bonds. The first-order valence-electron chi connectivity index (χ1n) is 15.0. The van der Waals surface area contributed by atoms with Crippen molar-refractivity contribution in [3.8, 4) is 11.1 Å². The molecule has 0 bridgehead atoms. The number of hydrogen-bond donors (Lipinski definition) is 0. The summed E-state index contributed by atoms with van der Waals surface area (Å²) in [6.45, 7) is 0. The van der Waals surface area contributed by atoms with E-state index in [9.17, 15) is 0 Å². The van der Waals surface area contributed by atoms with Crippen molar-refractivity contribution in [2.45, 2.75) is 0 Å². The second kappa shape index (κ2) is 7.59. The Kier molecular flexibility index (Phi) is 3.88. The molecule has 0 aliphatic rings. The van der Waals surface area contributed by atoms with Gasteiger partial charge in [-0.3, -0.25) is 0 Å². The smallest absolute Gasteiger partial charge is 0.0626 e. The zero-order chi connectivity index (χ0) is 27.8. The fourth-order valence-electron chi connectivity index (χ4n) is 8.27. The van der Waals surface area contributed by atoms with E-state index >= 15 is 0 Å². The van der Waals surface area contributed by atoms with Gasteiger partial charge < -0.3 is 4.40 Å². The van der Waals surface area contributed by atoms with Gasteiger partial charge in [-0.2, -0.15) is 0 Å². The molecule has 0 radical (unpaired) electrons. The van der Waals surface area contributed by atoms with E-state index in [1.807, 2.05) is 0 Å². The summed E-state index contributed by atoms with van der Waals surface area (Å²) >= 11 is 0. The Morgan fingerprint density at radius 1 is 0.279 bits per heavy atom. The van der Waals surface area contributed by atoms with Crippen LogP contribution in [0.1, 0.15) is 0 Å². The molecule has 0 aliphatic heterocycles. The third kappa shape index (κ3) is 2.60. The summed E-state index contributed by atoms with van der Waals surface area (Å²) in [6, 6.07) is 52.1. The van der Waals surface area contributed by atoms with Gasteiger partial charge in [-0.1, -0.05) is 115 Å². The predicted octanol–water partition coefficient (Wildman–Crippen LogP) is 11.7. The number of nitrogens with zero attached hydrogens (tertiary/aromatic N) is 1. The van der Waals surface area contributed by atoms with E-state index in [0.717, 1.165) is 0 Å². The Balaban J connectivity index is 1.23. The highest BCUT2D eigenvalue weighted by molar-refractivity contribution is 6.38. The summed E-state index contributed by atoms with van der Waals surface area (Å²) in [5.74, 6) is 0. The quantitative estimate of drug-likeness (QED) is 0.182. The van der Waals surface area contributed by atoms with Crippen molar-refractivity contribution in [1.82, 2.24) is 4.40 Å². The highest BCUT2D eigenvalue weighted by Gasteiger charge is 2.22. The Hall–Kier alpha value is -5.66. The van der Waals surface area contributed by atoms with Crippen LogP contribution in [0.2, 0.25) is 0 Å². The number of hydrogen-bond acceptors (Lipinski definition) is 0. The summed E-state index contributed by atoms with van der Waals surface area (Å²) in [5.41, 5.74) is 6.42. The van der Waals surface area contributed by atoms with Crippen LogP contribution in [-0.4, -0.2) is 4.40 Å². The van der Waals surface area contributed by atoms with E-state index in [4.69, 9.17) is 0 Å². The van der Waals surface area contributed by atoms with Gasteiger partial charge in [-0.05, 0) is 89.3 Å². The molecular formula is C42H23N. The van der Waals surface area contributed by atoms with Gasteiger partial charge in [0.25, 0.3) is 0 Å². The van der Waals surface area contributed by atoms with Crippen LogP contribution in [-0.2, 0) is 0 Å². The molecule has 0 spiro atoms. The molecule has 0 saturated carbocycles. The first kappa shape index (κ1) is 22.0. The number of aromatic nitrogens is 1. The molecule has 0 atom stereocenters. The second-order valence-corrected chi connectivity index (χ2v) is 12.0. The third-order valence-corrected chi connectivity index (χ3v) is 10.0.